The fourth-order valence-electron chi connectivity index (χ4n) is 0.0337. The van der Waals surface area contributed by atoms with E-state index >= 15 is 0 Å². The predicted molar refractivity (Wildman–Crippen MR) is 34.6 cm³/mol. The number of halogens is 3. The summed E-state index contributed by atoms with van der Waals surface area (Å²) in [6, 6.07) is 0. The number of rotatable bonds is 1. The molecule has 0 rings (SSSR count). The Kier molecular flexibility index (Phi) is 9.74. The van der Waals surface area contributed by atoms with Crippen LogP contribution in [-0.2, 0) is 9.08 Å². The SMILES string of the molecule is O=C(OCl)C(Cl)Cl.[NaH]. The molecule has 0 aliphatic heterocycles. The second kappa shape index (κ2) is 6.46. The van der Waals surface area contributed by atoms with Gasteiger partial charge in [0.2, 0.25) is 4.84 Å². The van der Waals surface area contributed by atoms with Crippen LogP contribution in [0.2, 0.25) is 0 Å². The minimum atomic E-state index is -1.18. The molecule has 0 aliphatic rings. The zero-order valence-electron chi connectivity index (χ0n) is 3.03. The molecule has 0 saturated heterocycles. The van der Waals surface area contributed by atoms with E-state index in [4.69, 9.17) is 23.2 Å². The molecule has 8 heavy (non-hydrogen) atoms. The molecule has 0 aromatic carbocycles. The van der Waals surface area contributed by atoms with Crippen LogP contribution in [0, 0.1) is 0 Å². The van der Waals surface area contributed by atoms with Gasteiger partial charge in [0.1, 0.15) is 11.9 Å². The van der Waals surface area contributed by atoms with Crippen LogP contribution in [0.4, 0.5) is 0 Å². The second-order valence-corrected chi connectivity index (χ2v) is 1.95. The third-order valence-electron chi connectivity index (χ3n) is 0.254. The van der Waals surface area contributed by atoms with Crippen LogP contribution in [0.5, 0.6) is 0 Å². The van der Waals surface area contributed by atoms with Crippen molar-refractivity contribution >= 4 is 70.6 Å². The molecule has 0 radical (unpaired) electrons. The minimum absolute atomic E-state index is 0. The van der Waals surface area contributed by atoms with Gasteiger partial charge in [-0.3, -0.25) is 0 Å². The molecule has 0 spiro atoms. The van der Waals surface area contributed by atoms with Crippen molar-refractivity contribution in [2.75, 3.05) is 0 Å². The van der Waals surface area contributed by atoms with Crippen molar-refractivity contribution in [2.24, 2.45) is 0 Å². The van der Waals surface area contributed by atoms with Crippen molar-refractivity contribution in [3.8, 4) is 0 Å². The topological polar surface area (TPSA) is 26.3 Å². The zero-order valence-corrected chi connectivity index (χ0v) is 5.30. The van der Waals surface area contributed by atoms with E-state index in [0.29, 0.717) is 0 Å². The van der Waals surface area contributed by atoms with Gasteiger partial charge in [0.05, 0.1) is 0 Å². The van der Waals surface area contributed by atoms with Crippen molar-refractivity contribution < 1.29 is 9.08 Å². The Morgan fingerprint density at radius 1 is 1.50 bits per heavy atom. The monoisotopic (exact) mass is 186 g/mol. The van der Waals surface area contributed by atoms with Crippen LogP contribution in [-0.4, -0.2) is 40.4 Å². The normalized spacial score (nSPS) is 8.00. The van der Waals surface area contributed by atoms with Crippen LogP contribution in [0.25, 0.3) is 0 Å². The molecule has 6 heteroatoms. The molecule has 44 valence electrons. The van der Waals surface area contributed by atoms with E-state index in [1.165, 1.54) is 0 Å². The number of carbonyl (C=O) groups is 1. The van der Waals surface area contributed by atoms with E-state index < -0.39 is 10.8 Å². The number of hydrogen-bond acceptors (Lipinski definition) is 2. The maximum absolute atomic E-state index is 9.89. The summed E-state index contributed by atoms with van der Waals surface area (Å²) in [6.45, 7) is 0. The Hall–Kier alpha value is 1.34. The van der Waals surface area contributed by atoms with Gasteiger partial charge in [-0.15, -0.1) is 0 Å². The fraction of sp³-hybridized carbons (Fsp3) is 0.500. The summed E-state index contributed by atoms with van der Waals surface area (Å²) in [5, 5.41) is 0. The summed E-state index contributed by atoms with van der Waals surface area (Å²) in [7, 11) is 0. The standard InChI is InChI=1S/C2HCl3O2.Na.H/c3-1(4)2(6)7-5;;/h1H;;. The van der Waals surface area contributed by atoms with E-state index in [2.05, 4.69) is 16.2 Å². The molecule has 0 fully saturated rings. The molecule has 0 aromatic heterocycles. The molecule has 0 saturated carbocycles. The van der Waals surface area contributed by atoms with Gasteiger partial charge in [-0.05, 0) is 0 Å². The third kappa shape index (κ3) is 5.48. The van der Waals surface area contributed by atoms with E-state index in [1.807, 2.05) is 0 Å². The Morgan fingerprint density at radius 2 is 1.88 bits per heavy atom. The molecule has 0 aliphatic carbocycles. The van der Waals surface area contributed by atoms with Crippen LogP contribution in [0.1, 0.15) is 0 Å². The van der Waals surface area contributed by atoms with Gasteiger partial charge < -0.3 is 4.29 Å². The molecule has 0 atom stereocenters. The van der Waals surface area contributed by atoms with E-state index in [1.54, 1.807) is 0 Å². The molecule has 0 N–H and O–H groups in total. The summed E-state index contributed by atoms with van der Waals surface area (Å²) >= 11 is 14.4. The van der Waals surface area contributed by atoms with Crippen LogP contribution in [0.15, 0.2) is 0 Å². The predicted octanol–water partition coefficient (Wildman–Crippen LogP) is 0.839. The average molecular weight is 187 g/mol. The van der Waals surface area contributed by atoms with Crippen molar-refractivity contribution in [3.05, 3.63) is 0 Å². The van der Waals surface area contributed by atoms with Gasteiger partial charge in [0.15, 0.2) is 0 Å². The van der Waals surface area contributed by atoms with E-state index in [9.17, 15) is 4.79 Å². The molecule has 0 bridgehead atoms. The molecule has 0 aromatic rings. The van der Waals surface area contributed by atoms with E-state index in [0.717, 1.165) is 0 Å². The summed E-state index contributed by atoms with van der Waals surface area (Å²) in [5.41, 5.74) is 0. The van der Waals surface area contributed by atoms with Crippen molar-refractivity contribution in [3.63, 3.8) is 0 Å². The first-order chi connectivity index (χ1) is 3.18. The summed E-state index contributed by atoms with van der Waals surface area (Å²) in [4.78, 5) is 8.71. The van der Waals surface area contributed by atoms with Gasteiger partial charge in [0, 0.05) is 0 Å². The van der Waals surface area contributed by atoms with Gasteiger partial charge in [-0.2, -0.15) is 0 Å². The first-order valence-corrected chi connectivity index (χ1v) is 2.47. The second-order valence-electron chi connectivity index (χ2n) is 0.697. The Balaban J connectivity index is 0. The molecule has 0 heterocycles. The number of alkyl halides is 2. The summed E-state index contributed by atoms with van der Waals surface area (Å²) in [6.07, 6.45) is 0. The number of carbonyl (C=O) groups excluding carboxylic acids is 1. The zero-order chi connectivity index (χ0) is 5.86. The Morgan fingerprint density at radius 3 is 1.88 bits per heavy atom. The van der Waals surface area contributed by atoms with Gasteiger partial charge >= 0.3 is 35.5 Å². The van der Waals surface area contributed by atoms with Crippen molar-refractivity contribution in [2.45, 2.75) is 4.84 Å². The molecule has 0 unspecified atom stereocenters. The Labute approximate surface area is 83.9 Å². The molecular weight excluding hydrogens is 185 g/mol. The van der Waals surface area contributed by atoms with E-state index in [-0.39, 0.29) is 29.6 Å². The summed E-state index contributed by atoms with van der Waals surface area (Å²) < 4.78 is 3.58. The first kappa shape index (κ1) is 12.1. The average Bonchev–Trinajstić information content (AvgIpc) is 1.65. The van der Waals surface area contributed by atoms with Gasteiger partial charge in [-0.1, -0.05) is 23.2 Å². The summed E-state index contributed by atoms with van der Waals surface area (Å²) in [5.74, 6) is -0.856. The number of hydrogen-bond donors (Lipinski definition) is 0. The molecular formula is C2H2Cl3NaO2. The van der Waals surface area contributed by atoms with Crippen LogP contribution in [0.3, 0.4) is 0 Å². The van der Waals surface area contributed by atoms with Crippen LogP contribution < -0.4 is 0 Å². The molecule has 0 amide bonds. The maximum atomic E-state index is 9.89. The van der Waals surface area contributed by atoms with Crippen LogP contribution >= 0.6 is 35.1 Å². The molecule has 2 nitrogen and oxygen atoms in total. The van der Waals surface area contributed by atoms with Crippen molar-refractivity contribution in [1.29, 1.82) is 0 Å². The van der Waals surface area contributed by atoms with Gasteiger partial charge in [-0.25, -0.2) is 4.79 Å². The van der Waals surface area contributed by atoms with Gasteiger partial charge in [0.25, 0.3) is 0 Å². The quantitative estimate of drug-likeness (QED) is 0.449. The fourth-order valence-corrected chi connectivity index (χ4v) is 0.303. The van der Waals surface area contributed by atoms with Crippen molar-refractivity contribution in [1.82, 2.24) is 0 Å². The Bertz CT molecular complexity index is 75.7. The first-order valence-electron chi connectivity index (χ1n) is 1.29. The third-order valence-corrected chi connectivity index (χ3v) is 0.763.